The maximum absolute atomic E-state index is 13.9. The van der Waals surface area contributed by atoms with Crippen LogP contribution in [-0.4, -0.2) is 43.8 Å². The fraction of sp³-hybridized carbons (Fsp3) is 0.467. The largest absolute Gasteiger partial charge is 0.493 e. The molecule has 3 aromatic rings. The van der Waals surface area contributed by atoms with Crippen LogP contribution in [0.1, 0.15) is 73.0 Å². The Kier molecular flexibility index (Phi) is 7.93. The molecule has 2 heterocycles. The number of methoxy groups -OCH3 is 1. The number of hydrogen-bond acceptors (Lipinski definition) is 6. The van der Waals surface area contributed by atoms with Crippen molar-refractivity contribution in [2.24, 2.45) is 5.92 Å². The molecule has 2 aromatic carbocycles. The maximum Gasteiger partial charge on any atom is 0.290 e. The molecule has 1 aromatic heterocycles. The van der Waals surface area contributed by atoms with Crippen LogP contribution in [0.5, 0.6) is 11.5 Å². The van der Waals surface area contributed by atoms with E-state index in [4.69, 9.17) is 18.6 Å². The highest BCUT2D eigenvalue weighted by atomic mass is 16.5. The third-order valence-corrected chi connectivity index (χ3v) is 6.48. The summed E-state index contributed by atoms with van der Waals surface area (Å²) in [6.45, 7) is 13.4. The predicted octanol–water partition coefficient (Wildman–Crippen LogP) is 5.81. The summed E-state index contributed by atoms with van der Waals surface area (Å²) in [5.41, 5.74) is 3.20. The highest BCUT2D eigenvalue weighted by Crippen LogP contribution is 2.41. The summed E-state index contributed by atoms with van der Waals surface area (Å²) < 4.78 is 23.4. The Morgan fingerprint density at radius 2 is 1.78 bits per heavy atom. The molecular weight excluding hydrogens is 470 g/mol. The minimum atomic E-state index is -0.601. The molecule has 0 spiro atoms. The molecule has 0 saturated heterocycles. The SMILES string of the molecule is COc1cc(C2c3c(oc4cc(C)cc(C)c4c3=O)C(=O)N2CCCOC(C)C)ccc1OCC(C)C. The maximum atomic E-state index is 13.9. The van der Waals surface area contributed by atoms with Gasteiger partial charge in [-0.25, -0.2) is 0 Å². The number of rotatable bonds is 10. The van der Waals surface area contributed by atoms with Gasteiger partial charge in [0.05, 0.1) is 36.8 Å². The lowest BCUT2D eigenvalue weighted by Crippen LogP contribution is -2.31. The third kappa shape index (κ3) is 5.37. The van der Waals surface area contributed by atoms with Crippen LogP contribution in [-0.2, 0) is 4.74 Å². The zero-order valence-electron chi connectivity index (χ0n) is 22.8. The average molecular weight is 508 g/mol. The summed E-state index contributed by atoms with van der Waals surface area (Å²) in [5, 5.41) is 0.510. The Morgan fingerprint density at radius 3 is 2.46 bits per heavy atom. The highest BCUT2D eigenvalue weighted by molar-refractivity contribution is 5.99. The van der Waals surface area contributed by atoms with Crippen molar-refractivity contribution < 1.29 is 23.4 Å². The summed E-state index contributed by atoms with van der Waals surface area (Å²) >= 11 is 0. The van der Waals surface area contributed by atoms with Crippen molar-refractivity contribution in [2.45, 2.75) is 60.1 Å². The van der Waals surface area contributed by atoms with E-state index in [1.165, 1.54) is 0 Å². The molecule has 7 nitrogen and oxygen atoms in total. The molecule has 0 radical (unpaired) electrons. The Morgan fingerprint density at radius 1 is 1.03 bits per heavy atom. The zero-order chi connectivity index (χ0) is 26.9. The molecule has 4 rings (SSSR count). The van der Waals surface area contributed by atoms with Crippen molar-refractivity contribution in [1.82, 2.24) is 4.90 Å². The first-order valence-electron chi connectivity index (χ1n) is 12.9. The van der Waals surface area contributed by atoms with Crippen LogP contribution >= 0.6 is 0 Å². The van der Waals surface area contributed by atoms with E-state index in [9.17, 15) is 9.59 Å². The number of hydrogen-bond donors (Lipinski definition) is 0. The van der Waals surface area contributed by atoms with Crippen LogP contribution in [0.15, 0.2) is 39.5 Å². The Labute approximate surface area is 218 Å². The fourth-order valence-corrected chi connectivity index (χ4v) is 4.87. The lowest BCUT2D eigenvalue weighted by molar-refractivity contribution is 0.0593. The number of carbonyl (C=O) groups is 1. The normalized spacial score (nSPS) is 15.2. The molecule has 0 N–H and O–H groups in total. The van der Waals surface area contributed by atoms with Gasteiger partial charge in [0.1, 0.15) is 5.58 Å². The quantitative estimate of drug-likeness (QED) is 0.322. The highest BCUT2D eigenvalue weighted by Gasteiger charge is 2.43. The van der Waals surface area contributed by atoms with Crippen LogP contribution in [0, 0.1) is 19.8 Å². The fourth-order valence-electron chi connectivity index (χ4n) is 4.87. The lowest BCUT2D eigenvalue weighted by atomic mass is 9.96. The number of fused-ring (bicyclic) bond motifs is 2. The summed E-state index contributed by atoms with van der Waals surface area (Å²) in [5.74, 6) is 1.35. The Balaban J connectivity index is 1.83. The van der Waals surface area contributed by atoms with Crippen molar-refractivity contribution in [1.29, 1.82) is 0 Å². The number of ether oxygens (including phenoxy) is 3. The second-order valence-electron chi connectivity index (χ2n) is 10.4. The van der Waals surface area contributed by atoms with E-state index in [1.807, 2.05) is 58.0 Å². The van der Waals surface area contributed by atoms with Gasteiger partial charge in [-0.15, -0.1) is 0 Å². The van der Waals surface area contributed by atoms with E-state index in [0.29, 0.717) is 60.1 Å². The monoisotopic (exact) mass is 507 g/mol. The smallest absolute Gasteiger partial charge is 0.290 e. The van der Waals surface area contributed by atoms with Crippen LogP contribution in [0.2, 0.25) is 0 Å². The molecule has 0 bridgehead atoms. The molecule has 1 aliphatic rings. The van der Waals surface area contributed by atoms with Crippen LogP contribution in [0.4, 0.5) is 0 Å². The van der Waals surface area contributed by atoms with Gasteiger partial charge in [-0.1, -0.05) is 26.0 Å². The molecule has 1 atom stereocenters. The van der Waals surface area contributed by atoms with Gasteiger partial charge in [0, 0.05) is 13.2 Å². The van der Waals surface area contributed by atoms with Crippen molar-refractivity contribution in [3.63, 3.8) is 0 Å². The van der Waals surface area contributed by atoms with E-state index in [-0.39, 0.29) is 23.2 Å². The van der Waals surface area contributed by atoms with Gasteiger partial charge in [-0.2, -0.15) is 0 Å². The van der Waals surface area contributed by atoms with Gasteiger partial charge in [-0.3, -0.25) is 9.59 Å². The molecule has 198 valence electrons. The standard InChI is InChI=1S/C30H37NO6/c1-17(2)16-36-22-10-9-21(15-23(22)34-7)27-26-28(32)25-20(6)13-19(5)14-24(25)37-29(26)30(33)31(27)11-8-12-35-18(3)4/h9-10,13-15,17-18,27H,8,11-12,16H2,1-7H3. The summed E-state index contributed by atoms with van der Waals surface area (Å²) in [6, 6.07) is 8.77. The zero-order valence-corrected chi connectivity index (χ0v) is 22.8. The van der Waals surface area contributed by atoms with E-state index in [0.717, 1.165) is 16.7 Å². The summed E-state index contributed by atoms with van der Waals surface area (Å²) in [6.07, 6.45) is 0.733. The van der Waals surface area contributed by atoms with Crippen molar-refractivity contribution in [3.05, 3.63) is 68.6 Å². The van der Waals surface area contributed by atoms with Crippen LogP contribution in [0.3, 0.4) is 0 Å². The van der Waals surface area contributed by atoms with Gasteiger partial charge in [-0.05, 0) is 74.9 Å². The Hall–Kier alpha value is -3.32. The van der Waals surface area contributed by atoms with Gasteiger partial charge in [0.25, 0.3) is 5.91 Å². The van der Waals surface area contributed by atoms with Crippen molar-refractivity contribution in [2.75, 3.05) is 26.9 Å². The molecule has 0 fully saturated rings. The van der Waals surface area contributed by atoms with Crippen LogP contribution in [0.25, 0.3) is 11.0 Å². The molecule has 0 aliphatic carbocycles. The van der Waals surface area contributed by atoms with Gasteiger partial charge in [0.2, 0.25) is 5.76 Å². The minimum absolute atomic E-state index is 0.102. The van der Waals surface area contributed by atoms with Crippen molar-refractivity contribution in [3.8, 4) is 11.5 Å². The molecular formula is C30H37NO6. The summed E-state index contributed by atoms with van der Waals surface area (Å²) in [4.78, 5) is 29.3. The molecule has 1 amide bonds. The topological polar surface area (TPSA) is 78.2 Å². The molecule has 37 heavy (non-hydrogen) atoms. The van der Waals surface area contributed by atoms with E-state index >= 15 is 0 Å². The van der Waals surface area contributed by atoms with Crippen LogP contribution < -0.4 is 14.9 Å². The van der Waals surface area contributed by atoms with Gasteiger partial charge in [0.15, 0.2) is 16.9 Å². The first-order valence-corrected chi connectivity index (χ1v) is 12.9. The first-order chi connectivity index (χ1) is 17.6. The first kappa shape index (κ1) is 26.7. The Bertz CT molecular complexity index is 1360. The number of benzene rings is 2. The number of nitrogens with zero attached hydrogens (tertiary/aromatic N) is 1. The molecule has 0 saturated carbocycles. The second-order valence-corrected chi connectivity index (χ2v) is 10.4. The van der Waals surface area contributed by atoms with E-state index in [2.05, 4.69) is 13.8 Å². The number of carbonyl (C=O) groups excluding carboxylic acids is 1. The number of aryl methyl sites for hydroxylation is 2. The summed E-state index contributed by atoms with van der Waals surface area (Å²) in [7, 11) is 1.59. The lowest BCUT2D eigenvalue weighted by Gasteiger charge is -2.26. The van der Waals surface area contributed by atoms with Gasteiger partial charge >= 0.3 is 0 Å². The third-order valence-electron chi connectivity index (χ3n) is 6.48. The van der Waals surface area contributed by atoms with Gasteiger partial charge < -0.3 is 23.5 Å². The average Bonchev–Trinajstić information content (AvgIpc) is 3.11. The van der Waals surface area contributed by atoms with E-state index < -0.39 is 6.04 Å². The molecule has 7 heteroatoms. The second kappa shape index (κ2) is 11.0. The molecule has 1 unspecified atom stereocenters. The number of amides is 1. The minimum Gasteiger partial charge on any atom is -0.493 e. The van der Waals surface area contributed by atoms with Crippen molar-refractivity contribution >= 4 is 16.9 Å². The van der Waals surface area contributed by atoms with E-state index in [1.54, 1.807) is 12.0 Å². The molecule has 1 aliphatic heterocycles. The predicted molar refractivity (Wildman–Crippen MR) is 144 cm³/mol.